The van der Waals surface area contributed by atoms with Crippen LogP contribution in [0.3, 0.4) is 0 Å². The maximum Gasteiger partial charge on any atom is 0.335 e. The van der Waals surface area contributed by atoms with E-state index >= 15 is 0 Å². The first kappa shape index (κ1) is 20.3. The van der Waals surface area contributed by atoms with Crippen molar-refractivity contribution in [2.75, 3.05) is 5.32 Å². The van der Waals surface area contributed by atoms with E-state index in [9.17, 15) is 9.59 Å². The smallest absolute Gasteiger partial charge is 0.335 e. The van der Waals surface area contributed by atoms with Crippen LogP contribution in [0.4, 0.5) is 5.69 Å². The van der Waals surface area contributed by atoms with Gasteiger partial charge in [0.25, 0.3) is 5.56 Å². The number of carbonyl (C=O) groups is 1. The zero-order chi connectivity index (χ0) is 21.0. The number of aromatic carboxylic acids is 1. The van der Waals surface area contributed by atoms with Gasteiger partial charge in [0, 0.05) is 16.4 Å². The molecule has 0 saturated carbocycles. The van der Waals surface area contributed by atoms with Crippen molar-refractivity contribution in [1.29, 1.82) is 0 Å². The molecule has 0 aliphatic heterocycles. The maximum atomic E-state index is 12.6. The number of nitrogens with zero attached hydrogens (tertiary/aromatic N) is 2. The Morgan fingerprint density at radius 3 is 2.69 bits per heavy atom. The van der Waals surface area contributed by atoms with E-state index in [4.69, 9.17) is 28.9 Å². The third kappa shape index (κ3) is 4.89. The van der Waals surface area contributed by atoms with Gasteiger partial charge in [0.1, 0.15) is 0 Å². The van der Waals surface area contributed by atoms with Gasteiger partial charge in [-0.15, -0.1) is 0 Å². The highest BCUT2D eigenvalue weighted by Crippen LogP contribution is 2.12. The minimum atomic E-state index is -1.04. The highest BCUT2D eigenvalue weighted by Gasteiger charge is 2.11. The Hall–Kier alpha value is -3.43. The molecule has 0 radical (unpaired) electrons. The van der Waals surface area contributed by atoms with Crippen molar-refractivity contribution in [3.8, 4) is 5.69 Å². The summed E-state index contributed by atoms with van der Waals surface area (Å²) in [6.45, 7) is 1.75. The summed E-state index contributed by atoms with van der Waals surface area (Å²) < 4.78 is 1.39. The lowest BCUT2D eigenvalue weighted by Gasteiger charge is -2.07. The van der Waals surface area contributed by atoms with Gasteiger partial charge in [0.15, 0.2) is 5.11 Å². The van der Waals surface area contributed by atoms with Gasteiger partial charge < -0.3 is 10.4 Å². The number of aromatic amines is 1. The molecule has 148 valence electrons. The Labute approximate surface area is 175 Å². The molecule has 0 bridgehead atoms. The Morgan fingerprint density at radius 1 is 1.28 bits per heavy atom. The number of aromatic nitrogens is 2. The number of anilines is 1. The Morgan fingerprint density at radius 2 is 2.00 bits per heavy atom. The van der Waals surface area contributed by atoms with Crippen LogP contribution in [0.1, 0.15) is 21.6 Å². The average Bonchev–Trinajstić information content (AvgIpc) is 2.97. The number of hydrogen-bond donors (Lipinski definition) is 4. The van der Waals surface area contributed by atoms with Crippen molar-refractivity contribution in [2.45, 2.75) is 6.92 Å². The first-order chi connectivity index (χ1) is 13.8. The molecular weight excluding hydrogens is 414 g/mol. The second kappa shape index (κ2) is 8.72. The summed E-state index contributed by atoms with van der Waals surface area (Å²) in [6.07, 6.45) is 1.36. The molecule has 3 rings (SSSR count). The van der Waals surface area contributed by atoms with E-state index in [2.05, 4.69) is 20.9 Å². The zero-order valence-electron chi connectivity index (χ0n) is 15.1. The lowest BCUT2D eigenvalue weighted by atomic mass is 10.2. The molecule has 0 atom stereocenters. The Balaban J connectivity index is 1.70. The Kier molecular flexibility index (Phi) is 6.10. The second-order valence-corrected chi connectivity index (χ2v) is 6.82. The number of hydrogen-bond acceptors (Lipinski definition) is 4. The number of carboxylic acid groups (broad SMARTS) is 1. The van der Waals surface area contributed by atoms with Crippen LogP contribution in [-0.4, -0.2) is 32.2 Å². The van der Waals surface area contributed by atoms with E-state index in [1.54, 1.807) is 43.3 Å². The number of H-pyrrole nitrogens is 1. The molecule has 0 fully saturated rings. The summed E-state index contributed by atoms with van der Waals surface area (Å²) in [4.78, 5) is 23.6. The highest BCUT2D eigenvalue weighted by molar-refractivity contribution is 7.80. The number of nitrogens with one attached hydrogen (secondary N) is 3. The summed E-state index contributed by atoms with van der Waals surface area (Å²) in [5, 5.41) is 19.5. The summed E-state index contributed by atoms with van der Waals surface area (Å²) in [6, 6.07) is 13.0. The number of halogens is 1. The van der Waals surface area contributed by atoms with Crippen molar-refractivity contribution in [1.82, 2.24) is 15.2 Å². The lowest BCUT2D eigenvalue weighted by Crippen LogP contribution is -2.24. The molecular formula is C19H16ClN5O3S. The molecule has 1 heterocycles. The van der Waals surface area contributed by atoms with Crippen LogP contribution in [0.25, 0.3) is 5.69 Å². The van der Waals surface area contributed by atoms with Gasteiger partial charge in [-0.2, -0.15) is 5.10 Å². The monoisotopic (exact) mass is 429 g/mol. The topological polar surface area (TPSA) is 112 Å². The standard InChI is InChI=1S/C19H16ClN5O3S/c1-11-16(17(26)25(24-11)15-7-5-13(20)6-8-15)10-21-23-19(29)22-14-4-2-3-12(9-14)18(27)28/h2-10,24H,1H3,(H,27,28)(H2,22,23,29). The van der Waals surface area contributed by atoms with Crippen LogP contribution in [-0.2, 0) is 0 Å². The van der Waals surface area contributed by atoms with Crippen LogP contribution in [0.15, 0.2) is 58.4 Å². The van der Waals surface area contributed by atoms with Gasteiger partial charge >= 0.3 is 5.97 Å². The quantitative estimate of drug-likeness (QED) is 0.281. The molecule has 0 amide bonds. The van der Waals surface area contributed by atoms with Gasteiger partial charge in [-0.05, 0) is 61.6 Å². The lowest BCUT2D eigenvalue weighted by molar-refractivity contribution is 0.0697. The molecule has 0 saturated heterocycles. The van der Waals surface area contributed by atoms with Gasteiger partial charge in [0.2, 0.25) is 0 Å². The van der Waals surface area contributed by atoms with Crippen molar-refractivity contribution in [3.05, 3.63) is 80.7 Å². The van der Waals surface area contributed by atoms with Crippen LogP contribution in [0.5, 0.6) is 0 Å². The number of thiocarbonyl (C=S) groups is 1. The van der Waals surface area contributed by atoms with E-state index in [-0.39, 0.29) is 16.2 Å². The van der Waals surface area contributed by atoms with Crippen molar-refractivity contribution in [3.63, 3.8) is 0 Å². The number of aryl methyl sites for hydroxylation is 1. The van der Waals surface area contributed by atoms with E-state index in [1.807, 2.05) is 0 Å². The van der Waals surface area contributed by atoms with E-state index in [0.29, 0.717) is 27.7 Å². The fraction of sp³-hybridized carbons (Fsp3) is 0.0526. The van der Waals surface area contributed by atoms with Crippen molar-refractivity contribution < 1.29 is 9.90 Å². The van der Waals surface area contributed by atoms with E-state index in [0.717, 1.165) is 0 Å². The largest absolute Gasteiger partial charge is 0.478 e. The molecule has 4 N–H and O–H groups in total. The first-order valence-electron chi connectivity index (χ1n) is 8.36. The molecule has 3 aromatic rings. The molecule has 8 nitrogen and oxygen atoms in total. The number of benzene rings is 2. The summed E-state index contributed by atoms with van der Waals surface area (Å²) in [5.74, 6) is -1.04. The first-order valence-corrected chi connectivity index (χ1v) is 9.15. The molecule has 2 aromatic carbocycles. The fourth-order valence-electron chi connectivity index (χ4n) is 2.53. The van der Waals surface area contributed by atoms with Crippen molar-refractivity contribution in [2.24, 2.45) is 5.10 Å². The number of hydrazone groups is 1. The highest BCUT2D eigenvalue weighted by atomic mass is 35.5. The summed E-state index contributed by atoms with van der Waals surface area (Å²) in [7, 11) is 0. The van der Waals surface area contributed by atoms with Gasteiger partial charge in [-0.25, -0.2) is 9.48 Å². The normalized spacial score (nSPS) is 10.8. The zero-order valence-corrected chi connectivity index (χ0v) is 16.7. The Bertz CT molecular complexity index is 1150. The molecule has 10 heteroatoms. The predicted molar refractivity (Wildman–Crippen MR) is 116 cm³/mol. The van der Waals surface area contributed by atoms with Crippen LogP contribution >= 0.6 is 23.8 Å². The van der Waals surface area contributed by atoms with Gasteiger partial charge in [-0.1, -0.05) is 17.7 Å². The van der Waals surface area contributed by atoms with Gasteiger partial charge in [0.05, 0.1) is 23.0 Å². The second-order valence-electron chi connectivity index (χ2n) is 5.98. The summed E-state index contributed by atoms with van der Waals surface area (Å²) >= 11 is 11.0. The number of rotatable bonds is 5. The minimum absolute atomic E-state index is 0.131. The molecule has 0 spiro atoms. The fourth-order valence-corrected chi connectivity index (χ4v) is 2.82. The molecule has 0 unspecified atom stereocenters. The van der Waals surface area contributed by atoms with E-state index in [1.165, 1.54) is 23.0 Å². The summed E-state index contributed by atoms with van der Waals surface area (Å²) in [5.41, 5.74) is 4.60. The number of carboxylic acids is 1. The van der Waals surface area contributed by atoms with Crippen LogP contribution in [0.2, 0.25) is 5.02 Å². The molecule has 1 aromatic heterocycles. The third-order valence-electron chi connectivity index (χ3n) is 3.93. The van der Waals surface area contributed by atoms with Crippen LogP contribution < -0.4 is 16.3 Å². The predicted octanol–water partition coefficient (Wildman–Crippen LogP) is 3.15. The maximum absolute atomic E-state index is 12.6. The minimum Gasteiger partial charge on any atom is -0.478 e. The molecule has 0 aliphatic carbocycles. The van der Waals surface area contributed by atoms with E-state index < -0.39 is 5.97 Å². The van der Waals surface area contributed by atoms with Gasteiger partial charge in [-0.3, -0.25) is 15.3 Å². The SMILES string of the molecule is Cc1[nH]n(-c2ccc(Cl)cc2)c(=O)c1C=NNC(=S)Nc1cccc(C(=O)O)c1. The van der Waals surface area contributed by atoms with Crippen molar-refractivity contribution >= 4 is 46.8 Å². The molecule has 0 aliphatic rings. The van der Waals surface area contributed by atoms with Crippen LogP contribution in [0, 0.1) is 6.92 Å². The third-order valence-corrected chi connectivity index (χ3v) is 4.37. The molecule has 29 heavy (non-hydrogen) atoms. The average molecular weight is 430 g/mol.